The van der Waals surface area contributed by atoms with Gasteiger partial charge in [0.25, 0.3) is 0 Å². The maximum absolute atomic E-state index is 12.0. The van der Waals surface area contributed by atoms with Crippen molar-refractivity contribution in [2.45, 2.75) is 58.1 Å². The molecule has 0 saturated carbocycles. The molecule has 1 fully saturated rings. The normalized spacial score (nSPS) is 17.4. The van der Waals surface area contributed by atoms with E-state index in [-0.39, 0.29) is 24.7 Å². The van der Waals surface area contributed by atoms with Crippen LogP contribution < -0.4 is 0 Å². The third-order valence-electron chi connectivity index (χ3n) is 3.51. The molecule has 0 radical (unpaired) electrons. The second kappa shape index (κ2) is 7.07. The van der Waals surface area contributed by atoms with E-state index in [1.807, 2.05) is 25.7 Å². The number of likely N-dealkylation sites (tertiary alicyclic amines) is 1. The summed E-state index contributed by atoms with van der Waals surface area (Å²) in [5, 5.41) is 0. The van der Waals surface area contributed by atoms with E-state index >= 15 is 0 Å². The van der Waals surface area contributed by atoms with E-state index in [0.29, 0.717) is 6.04 Å². The van der Waals surface area contributed by atoms with Gasteiger partial charge in [0, 0.05) is 25.6 Å². The number of ether oxygens (including phenoxy) is 1. The molecule has 1 aliphatic rings. The number of esters is 1. The highest BCUT2D eigenvalue weighted by Crippen LogP contribution is 2.16. The monoisotopic (exact) mass is 284 g/mol. The third-order valence-corrected chi connectivity index (χ3v) is 3.51. The molecule has 0 N–H and O–H groups in total. The molecular weight excluding hydrogens is 256 g/mol. The molecule has 1 aliphatic heterocycles. The highest BCUT2D eigenvalue weighted by Gasteiger charge is 2.24. The molecule has 0 atom stereocenters. The Hall–Kier alpha value is -1.10. The van der Waals surface area contributed by atoms with Gasteiger partial charge in [-0.15, -0.1) is 0 Å². The van der Waals surface area contributed by atoms with Gasteiger partial charge >= 0.3 is 5.97 Å². The zero-order valence-electron chi connectivity index (χ0n) is 13.4. The molecule has 0 aromatic rings. The summed E-state index contributed by atoms with van der Waals surface area (Å²) in [4.78, 5) is 27.7. The van der Waals surface area contributed by atoms with Crippen molar-refractivity contribution in [2.75, 3.05) is 27.2 Å². The zero-order valence-corrected chi connectivity index (χ0v) is 13.4. The highest BCUT2D eigenvalue weighted by atomic mass is 16.6. The molecule has 1 saturated heterocycles. The lowest BCUT2D eigenvalue weighted by molar-refractivity contribution is -0.156. The van der Waals surface area contributed by atoms with Crippen molar-refractivity contribution < 1.29 is 14.3 Å². The molecule has 0 unspecified atom stereocenters. The molecule has 20 heavy (non-hydrogen) atoms. The van der Waals surface area contributed by atoms with Crippen LogP contribution in [0.25, 0.3) is 0 Å². The summed E-state index contributed by atoms with van der Waals surface area (Å²) in [6.07, 6.45) is 2.43. The number of piperidine rings is 1. The summed E-state index contributed by atoms with van der Waals surface area (Å²) in [6.45, 7) is 7.07. The topological polar surface area (TPSA) is 49.9 Å². The lowest BCUT2D eigenvalue weighted by atomic mass is 10.0. The first-order chi connectivity index (χ1) is 9.19. The smallest absolute Gasteiger partial charge is 0.306 e. The van der Waals surface area contributed by atoms with E-state index in [2.05, 4.69) is 19.0 Å². The molecule has 0 aromatic carbocycles. The van der Waals surface area contributed by atoms with Gasteiger partial charge in [-0.1, -0.05) is 0 Å². The minimum atomic E-state index is -0.482. The number of carbonyl (C=O) groups excluding carboxylic acids is 2. The number of amides is 1. The molecule has 0 aromatic heterocycles. The Morgan fingerprint density at radius 2 is 1.70 bits per heavy atom. The second-order valence-corrected chi connectivity index (χ2v) is 6.66. The first-order valence-electron chi connectivity index (χ1n) is 7.35. The van der Waals surface area contributed by atoms with Crippen LogP contribution in [0.1, 0.15) is 46.5 Å². The minimum Gasteiger partial charge on any atom is -0.460 e. The summed E-state index contributed by atoms with van der Waals surface area (Å²) < 4.78 is 5.21. The number of hydrogen-bond donors (Lipinski definition) is 0. The van der Waals surface area contributed by atoms with E-state index < -0.39 is 5.60 Å². The molecule has 116 valence electrons. The minimum absolute atomic E-state index is 0.0630. The van der Waals surface area contributed by atoms with Crippen LogP contribution in [0.3, 0.4) is 0 Å². The van der Waals surface area contributed by atoms with Gasteiger partial charge < -0.3 is 14.5 Å². The SMILES string of the molecule is CN(C)C1CCN(C(=O)CCC(=O)OC(C)(C)C)CC1. The number of nitrogens with zero attached hydrogens (tertiary/aromatic N) is 2. The van der Waals surface area contributed by atoms with Gasteiger partial charge in [0.2, 0.25) is 5.91 Å². The van der Waals surface area contributed by atoms with Crippen molar-refractivity contribution in [2.24, 2.45) is 0 Å². The fraction of sp³-hybridized carbons (Fsp3) is 0.867. The molecule has 1 rings (SSSR count). The average molecular weight is 284 g/mol. The van der Waals surface area contributed by atoms with Crippen LogP contribution in [0, 0.1) is 0 Å². The molecule has 0 spiro atoms. The maximum Gasteiger partial charge on any atom is 0.306 e. The molecule has 0 aliphatic carbocycles. The molecule has 5 heteroatoms. The molecule has 1 heterocycles. The Labute approximate surface area is 122 Å². The summed E-state index contributed by atoms with van der Waals surface area (Å²) in [5.41, 5.74) is -0.482. The van der Waals surface area contributed by atoms with Crippen molar-refractivity contribution >= 4 is 11.9 Å². The summed E-state index contributed by atoms with van der Waals surface area (Å²) in [7, 11) is 4.15. The van der Waals surface area contributed by atoms with Crippen molar-refractivity contribution in [3.8, 4) is 0 Å². The van der Waals surface area contributed by atoms with E-state index in [9.17, 15) is 9.59 Å². The zero-order chi connectivity index (χ0) is 15.3. The summed E-state index contributed by atoms with van der Waals surface area (Å²) >= 11 is 0. The van der Waals surface area contributed by atoms with Gasteiger partial charge in [0.1, 0.15) is 5.60 Å². The van der Waals surface area contributed by atoms with Crippen LogP contribution >= 0.6 is 0 Å². The quantitative estimate of drug-likeness (QED) is 0.737. The van der Waals surface area contributed by atoms with Crippen LogP contribution in [0.15, 0.2) is 0 Å². The molecular formula is C15H28N2O3. The van der Waals surface area contributed by atoms with Crippen molar-refractivity contribution in [3.05, 3.63) is 0 Å². The Balaban J connectivity index is 2.29. The van der Waals surface area contributed by atoms with Crippen LogP contribution in [-0.4, -0.2) is 60.5 Å². The van der Waals surface area contributed by atoms with Gasteiger partial charge in [0.05, 0.1) is 6.42 Å². The first kappa shape index (κ1) is 17.0. The van der Waals surface area contributed by atoms with Gasteiger partial charge in [-0.3, -0.25) is 9.59 Å². The van der Waals surface area contributed by atoms with E-state index in [0.717, 1.165) is 25.9 Å². The lowest BCUT2D eigenvalue weighted by Gasteiger charge is -2.35. The second-order valence-electron chi connectivity index (χ2n) is 6.66. The van der Waals surface area contributed by atoms with Gasteiger partial charge in [-0.25, -0.2) is 0 Å². The number of rotatable bonds is 4. The standard InChI is InChI=1S/C15H28N2O3/c1-15(2,3)20-14(19)7-6-13(18)17-10-8-12(9-11-17)16(4)5/h12H,6-11H2,1-5H3. The molecule has 5 nitrogen and oxygen atoms in total. The van der Waals surface area contributed by atoms with Gasteiger partial charge in [-0.2, -0.15) is 0 Å². The van der Waals surface area contributed by atoms with E-state index in [4.69, 9.17) is 4.74 Å². The maximum atomic E-state index is 12.0. The number of hydrogen-bond acceptors (Lipinski definition) is 4. The molecule has 0 bridgehead atoms. The van der Waals surface area contributed by atoms with Crippen LogP contribution in [0.2, 0.25) is 0 Å². The van der Waals surface area contributed by atoms with Crippen LogP contribution in [0.5, 0.6) is 0 Å². The van der Waals surface area contributed by atoms with Gasteiger partial charge in [0.15, 0.2) is 0 Å². The first-order valence-corrected chi connectivity index (χ1v) is 7.35. The van der Waals surface area contributed by atoms with E-state index in [1.165, 1.54) is 0 Å². The summed E-state index contributed by atoms with van der Waals surface area (Å²) in [5.74, 6) is -0.234. The summed E-state index contributed by atoms with van der Waals surface area (Å²) in [6, 6.07) is 0.560. The Morgan fingerprint density at radius 1 is 1.15 bits per heavy atom. The van der Waals surface area contributed by atoms with Crippen molar-refractivity contribution in [1.82, 2.24) is 9.80 Å². The van der Waals surface area contributed by atoms with Crippen molar-refractivity contribution in [3.63, 3.8) is 0 Å². The third kappa shape index (κ3) is 5.90. The number of carbonyl (C=O) groups is 2. The Bertz CT molecular complexity index is 340. The van der Waals surface area contributed by atoms with Gasteiger partial charge in [-0.05, 0) is 47.7 Å². The Morgan fingerprint density at radius 3 is 2.15 bits per heavy atom. The van der Waals surface area contributed by atoms with Crippen LogP contribution in [-0.2, 0) is 14.3 Å². The largest absolute Gasteiger partial charge is 0.460 e. The highest BCUT2D eigenvalue weighted by molar-refractivity contribution is 5.81. The van der Waals surface area contributed by atoms with Crippen molar-refractivity contribution in [1.29, 1.82) is 0 Å². The molecule has 1 amide bonds. The predicted octanol–water partition coefficient (Wildman–Crippen LogP) is 1.66. The fourth-order valence-corrected chi connectivity index (χ4v) is 2.39. The Kier molecular flexibility index (Phi) is 5.99. The van der Waals surface area contributed by atoms with Crippen LogP contribution in [0.4, 0.5) is 0 Å². The predicted molar refractivity (Wildman–Crippen MR) is 78.4 cm³/mol. The van der Waals surface area contributed by atoms with E-state index in [1.54, 1.807) is 0 Å². The average Bonchev–Trinajstić information content (AvgIpc) is 2.34. The lowest BCUT2D eigenvalue weighted by Crippen LogP contribution is -2.44. The fourth-order valence-electron chi connectivity index (χ4n) is 2.39.